The molecule has 0 radical (unpaired) electrons. The molecule has 3 rings (SSSR count). The number of aromatic amines is 1. The van der Waals surface area contributed by atoms with Gasteiger partial charge in [-0.25, -0.2) is 8.42 Å². The molecule has 1 aromatic heterocycles. The number of halogens is 3. The van der Waals surface area contributed by atoms with E-state index in [1.807, 2.05) is 6.92 Å². The number of nitrogens with one attached hydrogen (secondary N) is 1. The van der Waals surface area contributed by atoms with Crippen LogP contribution < -0.4 is 0 Å². The minimum atomic E-state index is -4.60. The zero-order valence-electron chi connectivity index (χ0n) is 12.5. The van der Waals surface area contributed by atoms with Crippen LogP contribution in [0, 0.1) is 5.92 Å². The van der Waals surface area contributed by atoms with Gasteiger partial charge in [-0.1, -0.05) is 6.92 Å². The van der Waals surface area contributed by atoms with Crippen LogP contribution in [0.15, 0.2) is 29.3 Å². The lowest BCUT2D eigenvalue weighted by molar-refractivity contribution is -0.137. The average Bonchev–Trinajstić information content (AvgIpc) is 2.93. The number of aromatic nitrogens is 1. The van der Waals surface area contributed by atoms with E-state index in [0.29, 0.717) is 31.8 Å². The zero-order chi connectivity index (χ0) is 16.8. The monoisotopic (exact) mass is 346 g/mol. The lowest BCUT2D eigenvalue weighted by atomic mass is 10.0. The van der Waals surface area contributed by atoms with Gasteiger partial charge < -0.3 is 4.98 Å². The number of piperidine rings is 1. The standard InChI is InChI=1S/C15H17F3N2O2S/c1-10-3-6-20(7-4-10)23(21,22)14-9-11(15(16,17)18)8-13-12(14)2-5-19-13/h2,5,8-10,19H,3-4,6-7H2,1H3. The first kappa shape index (κ1) is 16.3. The summed E-state index contributed by atoms with van der Waals surface area (Å²) in [5, 5.41) is 0.289. The van der Waals surface area contributed by atoms with E-state index in [0.717, 1.165) is 12.1 Å². The smallest absolute Gasteiger partial charge is 0.361 e. The first-order valence-corrected chi connectivity index (χ1v) is 8.82. The van der Waals surface area contributed by atoms with Gasteiger partial charge in [-0.15, -0.1) is 0 Å². The molecule has 0 atom stereocenters. The summed E-state index contributed by atoms with van der Waals surface area (Å²) >= 11 is 0. The highest BCUT2D eigenvalue weighted by Gasteiger charge is 2.35. The average molecular weight is 346 g/mol. The van der Waals surface area contributed by atoms with Gasteiger partial charge in [0, 0.05) is 30.2 Å². The number of fused-ring (bicyclic) bond motifs is 1. The normalized spacial score (nSPS) is 18.6. The second-order valence-electron chi connectivity index (χ2n) is 6.00. The Hall–Kier alpha value is -1.54. The number of hydrogen-bond donors (Lipinski definition) is 1. The van der Waals surface area contributed by atoms with Gasteiger partial charge in [0.2, 0.25) is 10.0 Å². The quantitative estimate of drug-likeness (QED) is 0.903. The third kappa shape index (κ3) is 2.97. The van der Waals surface area contributed by atoms with Crippen LogP contribution in [0.3, 0.4) is 0 Å². The van der Waals surface area contributed by atoms with Crippen LogP contribution in [0.2, 0.25) is 0 Å². The van der Waals surface area contributed by atoms with Crippen molar-refractivity contribution >= 4 is 20.9 Å². The molecule has 0 bridgehead atoms. The van der Waals surface area contributed by atoms with Crippen molar-refractivity contribution in [1.82, 2.24) is 9.29 Å². The number of alkyl halides is 3. The molecule has 2 aromatic rings. The maximum absolute atomic E-state index is 13.1. The van der Waals surface area contributed by atoms with Crippen LogP contribution in [0.5, 0.6) is 0 Å². The molecule has 4 nitrogen and oxygen atoms in total. The molecule has 1 aliphatic heterocycles. The Morgan fingerprint density at radius 2 is 1.87 bits per heavy atom. The van der Waals surface area contributed by atoms with Crippen molar-refractivity contribution in [3.8, 4) is 0 Å². The van der Waals surface area contributed by atoms with Crippen molar-refractivity contribution in [2.24, 2.45) is 5.92 Å². The van der Waals surface area contributed by atoms with Crippen molar-refractivity contribution in [3.63, 3.8) is 0 Å². The van der Waals surface area contributed by atoms with Gasteiger partial charge in [-0.3, -0.25) is 0 Å². The van der Waals surface area contributed by atoms with E-state index in [1.54, 1.807) is 0 Å². The van der Waals surface area contributed by atoms with Crippen molar-refractivity contribution < 1.29 is 21.6 Å². The molecule has 1 N–H and O–H groups in total. The Kier molecular flexibility index (Phi) is 3.92. The molecule has 0 amide bonds. The van der Waals surface area contributed by atoms with Gasteiger partial charge in [0.15, 0.2) is 0 Å². The Bertz CT molecular complexity index is 819. The van der Waals surface area contributed by atoms with E-state index in [1.165, 1.54) is 16.6 Å². The summed E-state index contributed by atoms with van der Waals surface area (Å²) in [4.78, 5) is 2.39. The summed E-state index contributed by atoms with van der Waals surface area (Å²) < 4.78 is 66.1. The molecule has 23 heavy (non-hydrogen) atoms. The molecule has 0 spiro atoms. The number of benzene rings is 1. The lowest BCUT2D eigenvalue weighted by Crippen LogP contribution is -2.38. The van der Waals surface area contributed by atoms with E-state index in [2.05, 4.69) is 4.98 Å². The number of sulfonamides is 1. The van der Waals surface area contributed by atoms with Crippen LogP contribution >= 0.6 is 0 Å². The first-order chi connectivity index (χ1) is 10.7. The number of nitrogens with zero attached hydrogens (tertiary/aromatic N) is 1. The number of H-pyrrole nitrogens is 1. The Morgan fingerprint density at radius 1 is 1.22 bits per heavy atom. The molecule has 1 saturated heterocycles. The second-order valence-corrected chi connectivity index (χ2v) is 7.90. The van der Waals surface area contributed by atoms with Crippen molar-refractivity contribution in [3.05, 3.63) is 30.0 Å². The van der Waals surface area contributed by atoms with Crippen LogP contribution in [-0.4, -0.2) is 30.8 Å². The molecule has 2 heterocycles. The van der Waals surface area contributed by atoms with E-state index < -0.39 is 21.8 Å². The summed E-state index contributed by atoms with van der Waals surface area (Å²) in [5.74, 6) is 0.426. The third-order valence-electron chi connectivity index (χ3n) is 4.32. The van der Waals surface area contributed by atoms with Gasteiger partial charge >= 0.3 is 6.18 Å². The molecule has 8 heteroatoms. The van der Waals surface area contributed by atoms with Gasteiger partial charge in [0.05, 0.1) is 10.5 Å². The van der Waals surface area contributed by atoms with Crippen LogP contribution in [0.25, 0.3) is 10.9 Å². The maximum atomic E-state index is 13.1. The van der Waals surface area contributed by atoms with E-state index in [4.69, 9.17) is 0 Å². The highest BCUT2D eigenvalue weighted by atomic mass is 32.2. The highest BCUT2D eigenvalue weighted by Crippen LogP contribution is 2.36. The molecule has 1 aliphatic rings. The molecule has 1 fully saturated rings. The van der Waals surface area contributed by atoms with Crippen LogP contribution in [0.1, 0.15) is 25.3 Å². The summed E-state index contributed by atoms with van der Waals surface area (Å²) in [6.45, 7) is 2.72. The third-order valence-corrected chi connectivity index (χ3v) is 6.26. The van der Waals surface area contributed by atoms with Gasteiger partial charge in [-0.2, -0.15) is 17.5 Å². The zero-order valence-corrected chi connectivity index (χ0v) is 13.3. The van der Waals surface area contributed by atoms with E-state index in [-0.39, 0.29) is 15.8 Å². The van der Waals surface area contributed by atoms with Crippen LogP contribution in [0.4, 0.5) is 13.2 Å². The molecule has 0 saturated carbocycles. The fourth-order valence-electron chi connectivity index (χ4n) is 2.87. The highest BCUT2D eigenvalue weighted by molar-refractivity contribution is 7.89. The Balaban J connectivity index is 2.12. The Labute approximate surface area is 132 Å². The van der Waals surface area contributed by atoms with Crippen LogP contribution in [-0.2, 0) is 16.2 Å². The SMILES string of the molecule is CC1CCN(S(=O)(=O)c2cc(C(F)(F)F)cc3[nH]ccc23)CC1. The van der Waals surface area contributed by atoms with Gasteiger partial charge in [0.1, 0.15) is 0 Å². The molecule has 0 unspecified atom stereocenters. The largest absolute Gasteiger partial charge is 0.416 e. The topological polar surface area (TPSA) is 53.2 Å². The molecule has 1 aromatic carbocycles. The molecule has 0 aliphatic carbocycles. The first-order valence-electron chi connectivity index (χ1n) is 7.38. The number of hydrogen-bond acceptors (Lipinski definition) is 2. The molecular weight excluding hydrogens is 329 g/mol. The van der Waals surface area contributed by atoms with Gasteiger partial charge in [0.25, 0.3) is 0 Å². The van der Waals surface area contributed by atoms with E-state index >= 15 is 0 Å². The predicted molar refractivity (Wildman–Crippen MR) is 80.5 cm³/mol. The second kappa shape index (κ2) is 5.52. The maximum Gasteiger partial charge on any atom is 0.416 e. The predicted octanol–water partition coefficient (Wildman–Crippen LogP) is 3.61. The van der Waals surface area contributed by atoms with E-state index in [9.17, 15) is 21.6 Å². The lowest BCUT2D eigenvalue weighted by Gasteiger charge is -2.29. The molecular formula is C15H17F3N2O2S. The van der Waals surface area contributed by atoms with Gasteiger partial charge in [-0.05, 0) is 37.0 Å². The minimum Gasteiger partial charge on any atom is -0.361 e. The summed E-state index contributed by atoms with van der Waals surface area (Å²) in [6, 6.07) is 3.17. The summed E-state index contributed by atoms with van der Waals surface area (Å²) in [5.41, 5.74) is -0.792. The Morgan fingerprint density at radius 3 is 2.48 bits per heavy atom. The van der Waals surface area contributed by atoms with Crippen molar-refractivity contribution in [2.45, 2.75) is 30.8 Å². The number of rotatable bonds is 2. The minimum absolute atomic E-state index is 0.170. The molecule has 126 valence electrons. The van der Waals surface area contributed by atoms with Crippen molar-refractivity contribution in [1.29, 1.82) is 0 Å². The summed E-state index contributed by atoms with van der Waals surface area (Å²) in [6.07, 6.45) is -1.72. The van der Waals surface area contributed by atoms with Crippen molar-refractivity contribution in [2.75, 3.05) is 13.1 Å². The fourth-order valence-corrected chi connectivity index (χ4v) is 4.58. The summed E-state index contributed by atoms with van der Waals surface area (Å²) in [7, 11) is -3.95. The fraction of sp³-hybridized carbons (Fsp3) is 0.467.